The minimum Gasteiger partial charge on any atom is -0.493 e. The highest BCUT2D eigenvalue weighted by atomic mass is 32.2. The molecule has 178 valence electrons. The third kappa shape index (κ3) is 4.75. The molecule has 2 aromatic carbocycles. The zero-order valence-corrected chi connectivity index (χ0v) is 20.6. The van der Waals surface area contributed by atoms with E-state index in [2.05, 4.69) is 42.0 Å². The SMILES string of the molecule is CCCCCn1cc(C2CCN(S(=O)(=O)c3ccc(OC)c(OC)c3)CC2)c2ccccc21. The van der Waals surface area contributed by atoms with E-state index in [0.29, 0.717) is 30.5 Å². The summed E-state index contributed by atoms with van der Waals surface area (Å²) in [7, 11) is -0.533. The fraction of sp³-hybridized carbons (Fsp3) is 0.462. The molecule has 0 bridgehead atoms. The number of aromatic nitrogens is 1. The fourth-order valence-electron chi connectivity index (χ4n) is 4.85. The quantitative estimate of drug-likeness (QED) is 0.392. The average molecular weight is 471 g/mol. The van der Waals surface area contributed by atoms with Crippen molar-refractivity contribution in [2.45, 2.75) is 56.4 Å². The van der Waals surface area contributed by atoms with E-state index in [9.17, 15) is 8.42 Å². The topological polar surface area (TPSA) is 60.8 Å². The van der Waals surface area contributed by atoms with Crippen LogP contribution in [0.2, 0.25) is 0 Å². The first-order valence-electron chi connectivity index (χ1n) is 11.8. The molecule has 0 aliphatic carbocycles. The summed E-state index contributed by atoms with van der Waals surface area (Å²) in [6.07, 6.45) is 7.55. The van der Waals surface area contributed by atoms with E-state index >= 15 is 0 Å². The number of piperidine rings is 1. The van der Waals surface area contributed by atoms with Crippen LogP contribution in [0.25, 0.3) is 10.9 Å². The van der Waals surface area contributed by atoms with E-state index < -0.39 is 10.0 Å². The second-order valence-corrected chi connectivity index (χ2v) is 10.6. The maximum absolute atomic E-state index is 13.3. The van der Waals surface area contributed by atoms with E-state index in [1.807, 2.05) is 0 Å². The number of unbranched alkanes of at least 4 members (excludes halogenated alkanes) is 2. The number of sulfonamides is 1. The minimum absolute atomic E-state index is 0.242. The minimum atomic E-state index is -3.58. The van der Waals surface area contributed by atoms with Gasteiger partial charge in [-0.15, -0.1) is 0 Å². The van der Waals surface area contributed by atoms with E-state index in [1.165, 1.54) is 49.9 Å². The summed E-state index contributed by atoms with van der Waals surface area (Å²) in [6.45, 7) is 4.28. The Bertz CT molecular complexity index is 1190. The lowest BCUT2D eigenvalue weighted by atomic mass is 9.90. The standard InChI is InChI=1S/C26H34N2O4S/c1-4-5-8-15-27-19-23(22-9-6-7-10-24(22)27)20-13-16-28(17-14-20)33(29,30)21-11-12-25(31-2)26(18-21)32-3/h6-7,9-12,18-20H,4-5,8,13-17H2,1-3H3. The molecule has 1 aromatic heterocycles. The lowest BCUT2D eigenvalue weighted by molar-refractivity contribution is 0.319. The third-order valence-electron chi connectivity index (χ3n) is 6.71. The molecule has 0 unspecified atom stereocenters. The predicted molar refractivity (Wildman–Crippen MR) is 132 cm³/mol. The van der Waals surface area contributed by atoms with Crippen molar-refractivity contribution in [3.63, 3.8) is 0 Å². The molecular formula is C26H34N2O4S. The average Bonchev–Trinajstić information content (AvgIpc) is 3.22. The molecule has 7 heteroatoms. The molecule has 3 aromatic rings. The van der Waals surface area contributed by atoms with Gasteiger partial charge in [0.05, 0.1) is 19.1 Å². The van der Waals surface area contributed by atoms with Crippen molar-refractivity contribution in [1.29, 1.82) is 0 Å². The third-order valence-corrected chi connectivity index (χ3v) is 8.60. The molecule has 1 aliphatic rings. The number of benzene rings is 2. The number of ether oxygens (including phenoxy) is 2. The second kappa shape index (κ2) is 10.2. The van der Waals surface area contributed by atoms with Gasteiger partial charge in [-0.05, 0) is 48.9 Å². The molecule has 0 amide bonds. The Morgan fingerprint density at radius 1 is 0.970 bits per heavy atom. The van der Waals surface area contributed by atoms with Gasteiger partial charge in [-0.3, -0.25) is 0 Å². The number of para-hydroxylation sites is 1. The van der Waals surface area contributed by atoms with Crippen LogP contribution in [-0.4, -0.2) is 44.6 Å². The molecule has 1 saturated heterocycles. The van der Waals surface area contributed by atoms with Crippen LogP contribution in [0.4, 0.5) is 0 Å². The van der Waals surface area contributed by atoms with Crippen molar-refractivity contribution < 1.29 is 17.9 Å². The number of nitrogens with zero attached hydrogens (tertiary/aromatic N) is 2. The van der Waals surface area contributed by atoms with Crippen LogP contribution >= 0.6 is 0 Å². The Balaban J connectivity index is 1.52. The highest BCUT2D eigenvalue weighted by Gasteiger charge is 2.31. The van der Waals surface area contributed by atoms with Gasteiger partial charge in [0.25, 0.3) is 0 Å². The van der Waals surface area contributed by atoms with Crippen molar-refractivity contribution >= 4 is 20.9 Å². The van der Waals surface area contributed by atoms with Crippen molar-refractivity contribution in [3.05, 3.63) is 54.2 Å². The maximum atomic E-state index is 13.3. The molecule has 0 spiro atoms. The summed E-state index contributed by atoms with van der Waals surface area (Å²) in [6, 6.07) is 13.4. The van der Waals surface area contributed by atoms with E-state index in [-0.39, 0.29) is 4.90 Å². The van der Waals surface area contributed by atoms with Gasteiger partial charge in [0.2, 0.25) is 10.0 Å². The van der Waals surface area contributed by atoms with Gasteiger partial charge in [0.15, 0.2) is 11.5 Å². The maximum Gasteiger partial charge on any atom is 0.243 e. The van der Waals surface area contributed by atoms with Crippen molar-refractivity contribution in [2.24, 2.45) is 0 Å². The van der Waals surface area contributed by atoms with Crippen LogP contribution in [0.15, 0.2) is 53.6 Å². The summed E-state index contributed by atoms with van der Waals surface area (Å²) in [4.78, 5) is 0.242. The molecule has 0 N–H and O–H groups in total. The van der Waals surface area contributed by atoms with E-state index in [4.69, 9.17) is 9.47 Å². The number of fused-ring (bicyclic) bond motifs is 1. The first kappa shape index (κ1) is 23.6. The Labute approximate surface area is 197 Å². The molecule has 33 heavy (non-hydrogen) atoms. The molecule has 6 nitrogen and oxygen atoms in total. The summed E-state index contributed by atoms with van der Waals surface area (Å²) < 4.78 is 41.1. The van der Waals surface area contributed by atoms with Crippen LogP contribution in [0.5, 0.6) is 11.5 Å². The molecule has 1 aliphatic heterocycles. The highest BCUT2D eigenvalue weighted by molar-refractivity contribution is 7.89. The summed E-state index contributed by atoms with van der Waals surface area (Å²) in [5.74, 6) is 1.30. The smallest absolute Gasteiger partial charge is 0.243 e. The highest BCUT2D eigenvalue weighted by Crippen LogP contribution is 2.37. The molecule has 0 saturated carbocycles. The van der Waals surface area contributed by atoms with Crippen LogP contribution in [0.1, 0.15) is 50.5 Å². The Morgan fingerprint density at radius 3 is 2.39 bits per heavy atom. The van der Waals surface area contributed by atoms with Gasteiger partial charge in [-0.1, -0.05) is 38.0 Å². The zero-order valence-electron chi connectivity index (χ0n) is 19.8. The Kier molecular flexibility index (Phi) is 7.29. The van der Waals surface area contributed by atoms with E-state index in [1.54, 1.807) is 22.5 Å². The van der Waals surface area contributed by atoms with Crippen molar-refractivity contribution in [1.82, 2.24) is 8.87 Å². The first-order valence-corrected chi connectivity index (χ1v) is 13.2. The Morgan fingerprint density at radius 2 is 1.70 bits per heavy atom. The van der Waals surface area contributed by atoms with Crippen LogP contribution in [0.3, 0.4) is 0 Å². The molecule has 0 atom stereocenters. The van der Waals surface area contributed by atoms with Crippen molar-refractivity contribution in [3.8, 4) is 11.5 Å². The van der Waals surface area contributed by atoms with Crippen molar-refractivity contribution in [2.75, 3.05) is 27.3 Å². The molecule has 0 radical (unpaired) electrons. The molecule has 2 heterocycles. The van der Waals surface area contributed by atoms with Crippen LogP contribution in [0, 0.1) is 0 Å². The monoisotopic (exact) mass is 470 g/mol. The molecular weight excluding hydrogens is 436 g/mol. The number of hydrogen-bond acceptors (Lipinski definition) is 4. The zero-order chi connectivity index (χ0) is 23.4. The molecule has 1 fully saturated rings. The van der Waals surface area contributed by atoms with Gasteiger partial charge >= 0.3 is 0 Å². The lowest BCUT2D eigenvalue weighted by Crippen LogP contribution is -2.37. The van der Waals surface area contributed by atoms with Gasteiger partial charge in [-0.2, -0.15) is 4.31 Å². The van der Waals surface area contributed by atoms with Crippen LogP contribution in [-0.2, 0) is 16.6 Å². The molecule has 4 rings (SSSR count). The number of methoxy groups -OCH3 is 2. The van der Waals surface area contributed by atoms with Gasteiger partial charge in [0, 0.05) is 42.8 Å². The largest absolute Gasteiger partial charge is 0.493 e. The van der Waals surface area contributed by atoms with Gasteiger partial charge in [0.1, 0.15) is 0 Å². The first-order chi connectivity index (χ1) is 16.0. The lowest BCUT2D eigenvalue weighted by Gasteiger charge is -2.31. The second-order valence-electron chi connectivity index (χ2n) is 8.70. The fourth-order valence-corrected chi connectivity index (χ4v) is 6.34. The predicted octanol–water partition coefficient (Wildman–Crippen LogP) is 5.42. The summed E-state index contributed by atoms with van der Waals surface area (Å²) >= 11 is 0. The normalized spacial score (nSPS) is 15.7. The number of rotatable bonds is 9. The number of aryl methyl sites for hydroxylation is 1. The van der Waals surface area contributed by atoms with Crippen LogP contribution < -0.4 is 9.47 Å². The number of hydrogen-bond donors (Lipinski definition) is 0. The van der Waals surface area contributed by atoms with Gasteiger partial charge in [-0.25, -0.2) is 8.42 Å². The summed E-state index contributed by atoms with van der Waals surface area (Å²) in [5.41, 5.74) is 2.63. The summed E-state index contributed by atoms with van der Waals surface area (Å²) in [5, 5.41) is 1.30. The van der Waals surface area contributed by atoms with Gasteiger partial charge < -0.3 is 14.0 Å². The van der Waals surface area contributed by atoms with E-state index in [0.717, 1.165) is 19.4 Å². The Hall–Kier alpha value is -2.51.